The fourth-order valence-electron chi connectivity index (χ4n) is 14.9. The Labute approximate surface area is 604 Å². The molecule has 13 aromatic carbocycles. The Morgan fingerprint density at radius 3 is 1.12 bits per heavy atom. The zero-order valence-corrected chi connectivity index (χ0v) is 55.2. The molecule has 7 heteroatoms. The third-order valence-corrected chi connectivity index (χ3v) is 20.9. The number of hydrogen-bond donors (Lipinski definition) is 0. The van der Waals surface area contributed by atoms with Crippen LogP contribution in [0, 0.1) is 0 Å². The molecule has 0 aliphatic carbocycles. The second-order valence-corrected chi connectivity index (χ2v) is 29.4. The summed E-state index contributed by atoms with van der Waals surface area (Å²) < 4.78 is 230. The molecule has 0 bridgehead atoms. The predicted octanol–water partition coefficient (Wildman–Crippen LogP) is 23.0. The van der Waals surface area contributed by atoms with Gasteiger partial charge in [-0.25, -0.2) is 0 Å². The molecular weight excluding hydrogens is 1190 g/mol. The van der Waals surface area contributed by atoms with Crippen molar-refractivity contribution in [2.45, 2.75) is 78.6 Å². The molecule has 0 fully saturated rings. The van der Waals surface area contributed by atoms with Gasteiger partial charge in [0.2, 0.25) is 0 Å². The molecule has 0 unspecified atom stereocenters. The van der Waals surface area contributed by atoms with Crippen molar-refractivity contribution in [3.63, 3.8) is 0 Å². The smallest absolute Gasteiger partial charge is 0.252 e. The van der Waals surface area contributed by atoms with E-state index in [0.29, 0.717) is 70.9 Å². The first kappa shape index (κ1) is 38.0. The Hall–Kier alpha value is -10.9. The van der Waals surface area contributed by atoms with E-state index in [1.54, 1.807) is 24.3 Å². The van der Waals surface area contributed by atoms with E-state index in [2.05, 4.69) is 127 Å². The van der Waals surface area contributed by atoms with Crippen molar-refractivity contribution in [1.82, 2.24) is 13.7 Å². The number of thiophene rings is 1. The first-order valence-corrected chi connectivity index (χ1v) is 33.1. The summed E-state index contributed by atoms with van der Waals surface area (Å²) >= 11 is 1.33. The Morgan fingerprint density at radius 2 is 0.691 bits per heavy atom. The molecule has 97 heavy (non-hydrogen) atoms. The van der Waals surface area contributed by atoms with Crippen LogP contribution in [0.3, 0.4) is 0 Å². The Bertz CT molecular complexity index is 7440. The Balaban J connectivity index is 0.987. The van der Waals surface area contributed by atoms with Crippen LogP contribution in [0.25, 0.3) is 114 Å². The average Bonchev–Trinajstić information content (AvgIpc) is 1.59. The van der Waals surface area contributed by atoms with E-state index >= 15 is 0 Å². The Kier molecular flexibility index (Phi) is 8.16. The number of fused-ring (bicyclic) bond motifs is 16. The third kappa shape index (κ3) is 8.57. The summed E-state index contributed by atoms with van der Waals surface area (Å²) in [4.78, 5) is 4.34. The van der Waals surface area contributed by atoms with Crippen LogP contribution in [0.2, 0.25) is 0 Å². The summed E-state index contributed by atoms with van der Waals surface area (Å²) in [5.74, 6) is 0. The summed E-state index contributed by atoms with van der Waals surface area (Å²) in [6.07, 6.45) is 0. The SMILES string of the molecule is [2H]c1c([2H])c([2H])c2c(c1[2H])c1c([2H])c([2H])c([2H])c([2H])c1n2-c1ccc2c(c1)N(c1ccc(C(C)(C)C)cc1-c1ccc(C(C)(C)C)cc1)c1cc(C(C)(C)C)cc3c1B2c1ccc(-n2c4c([2H])c([2H])c([2H])c([2H])c4c4c([2H])c([2H])c([2H])c([2H])c42)cc1N3c1cccc2c1sc1c(-n3c4c([2H])c([2H])c([2H])c([2H])c4c4c([2H])c([2H])c([2H])c([2H])c43)cccc12. The van der Waals surface area contributed by atoms with Crippen molar-refractivity contribution < 1.29 is 32.9 Å². The average molecular weight is 1290 g/mol. The normalized spacial score (nSPS) is 16.8. The van der Waals surface area contributed by atoms with Crippen molar-refractivity contribution in [2.24, 2.45) is 0 Å². The van der Waals surface area contributed by atoms with Crippen LogP contribution in [0.4, 0.5) is 34.1 Å². The van der Waals surface area contributed by atoms with E-state index in [0.717, 1.165) is 33.3 Å². The maximum atomic E-state index is 9.78. The maximum absolute atomic E-state index is 9.78. The highest BCUT2D eigenvalue weighted by Crippen LogP contribution is 2.53. The fraction of sp³-hybridized carbons (Fsp3) is 0.133. The number of benzene rings is 13. The molecule has 466 valence electrons. The molecule has 4 aromatic heterocycles. The summed E-state index contributed by atoms with van der Waals surface area (Å²) in [6, 6.07) is 28.4. The first-order chi connectivity index (χ1) is 57.0. The molecule has 0 amide bonds. The second kappa shape index (κ2) is 20.8. The van der Waals surface area contributed by atoms with Gasteiger partial charge in [0.25, 0.3) is 6.71 Å². The van der Waals surface area contributed by atoms with Crippen LogP contribution in [0.1, 0.15) is 112 Å². The van der Waals surface area contributed by atoms with Crippen LogP contribution >= 0.6 is 11.3 Å². The van der Waals surface area contributed by atoms with Crippen molar-refractivity contribution >= 4 is 154 Å². The van der Waals surface area contributed by atoms with Crippen LogP contribution < -0.4 is 26.2 Å². The molecular formula is C90H72BN5S. The molecule has 6 heterocycles. The molecule has 0 N–H and O–H groups in total. The molecule has 2 aliphatic heterocycles. The molecule has 0 saturated carbocycles. The van der Waals surface area contributed by atoms with E-state index in [-0.39, 0.29) is 82.2 Å². The molecule has 19 rings (SSSR count). The van der Waals surface area contributed by atoms with E-state index in [9.17, 15) is 21.9 Å². The maximum Gasteiger partial charge on any atom is 0.252 e. The first-order valence-electron chi connectivity index (χ1n) is 44.3. The summed E-state index contributed by atoms with van der Waals surface area (Å²) in [7, 11) is 0. The highest BCUT2D eigenvalue weighted by atomic mass is 32.1. The van der Waals surface area contributed by atoms with Crippen molar-refractivity contribution in [3.05, 3.63) is 289 Å². The number of aromatic nitrogens is 3. The predicted molar refractivity (Wildman–Crippen MR) is 418 cm³/mol. The van der Waals surface area contributed by atoms with Gasteiger partial charge in [-0.2, -0.15) is 0 Å². The van der Waals surface area contributed by atoms with Gasteiger partial charge in [0, 0.05) is 82.8 Å². The third-order valence-electron chi connectivity index (χ3n) is 19.6. The van der Waals surface area contributed by atoms with Gasteiger partial charge in [-0.05, 0) is 152 Å². The highest BCUT2D eigenvalue weighted by molar-refractivity contribution is 7.27. The van der Waals surface area contributed by atoms with Gasteiger partial charge in [-0.3, -0.25) is 0 Å². The van der Waals surface area contributed by atoms with Gasteiger partial charge in [0.15, 0.2) is 0 Å². The molecule has 0 atom stereocenters. The number of hydrogen-bond acceptors (Lipinski definition) is 3. The summed E-state index contributed by atoms with van der Waals surface area (Å²) in [6.45, 7) is 18.4. The lowest BCUT2D eigenvalue weighted by molar-refractivity contribution is 0.590. The second-order valence-electron chi connectivity index (χ2n) is 28.3. The standard InChI is InChI=1S/C90H72BN5S/c1-88(2,3)56-42-40-55(41-43-56)69-50-57(89(4,5)6)44-49-78(69)95-81-53-59(92-72-32-16-10-24-61(72)62-25-11-17-33-73(62)92)45-47-70(81)91-71-48-46-60(93-74-34-18-12-26-63(74)64-27-13-19-35-75(64)93)54-82(71)96(84-52-58(90(7,8)9)51-83(95)85(84)91)80-39-23-31-68-67-30-22-38-79(86(67)97-87(68)80)94-76-36-20-14-28-65(76)66-29-15-21-37-77(66)94/h10-54H,1-9H3/i10D,11D,12D,13D,14D,15D,16D,17D,18D,19D,20D,21D,24D,25D,26D,27D,28D,29D,32D,33D,34D,35D,36D,37D. The number of nitrogens with zero attached hydrogens (tertiary/aromatic N) is 5. The minimum absolute atomic E-state index is 0.0713. The van der Waals surface area contributed by atoms with E-state index in [1.165, 1.54) is 25.0 Å². The topological polar surface area (TPSA) is 21.3 Å². The lowest BCUT2D eigenvalue weighted by atomic mass is 9.33. The van der Waals surface area contributed by atoms with Crippen molar-refractivity contribution in [1.29, 1.82) is 0 Å². The minimum Gasteiger partial charge on any atom is -0.311 e. The minimum atomic E-state index is -0.827. The van der Waals surface area contributed by atoms with Crippen LogP contribution in [-0.4, -0.2) is 20.4 Å². The Morgan fingerprint density at radius 1 is 0.309 bits per heavy atom. The number of anilines is 6. The lowest BCUT2D eigenvalue weighted by Crippen LogP contribution is -2.61. The molecule has 0 spiro atoms. The molecule has 2 aliphatic rings. The zero-order valence-electron chi connectivity index (χ0n) is 78.3. The van der Waals surface area contributed by atoms with Gasteiger partial charge in [-0.15, -0.1) is 11.3 Å². The highest BCUT2D eigenvalue weighted by Gasteiger charge is 2.46. The van der Waals surface area contributed by atoms with Gasteiger partial charge >= 0.3 is 0 Å². The lowest BCUT2D eigenvalue weighted by Gasteiger charge is -2.45. The zero-order chi connectivity index (χ0) is 86.4. The van der Waals surface area contributed by atoms with Crippen LogP contribution in [-0.2, 0) is 16.2 Å². The number of rotatable bonds is 6. The van der Waals surface area contributed by atoms with Crippen molar-refractivity contribution in [3.8, 4) is 28.2 Å². The molecule has 5 nitrogen and oxygen atoms in total. The number of para-hydroxylation sites is 6. The van der Waals surface area contributed by atoms with Crippen LogP contribution in [0.5, 0.6) is 0 Å². The van der Waals surface area contributed by atoms with E-state index in [4.69, 9.17) is 11.0 Å². The van der Waals surface area contributed by atoms with Crippen molar-refractivity contribution in [2.75, 3.05) is 9.80 Å². The van der Waals surface area contributed by atoms with Gasteiger partial charge < -0.3 is 23.5 Å². The quantitative estimate of drug-likeness (QED) is 0.155. The summed E-state index contributed by atoms with van der Waals surface area (Å²) in [5, 5.41) is 0.660. The molecule has 17 aromatic rings. The molecule has 0 radical (unpaired) electrons. The molecule has 0 saturated heterocycles. The van der Waals surface area contributed by atoms with Crippen LogP contribution in [0.15, 0.2) is 272 Å². The monoisotopic (exact) mass is 1290 g/mol. The van der Waals surface area contributed by atoms with Gasteiger partial charge in [0.05, 0.1) is 92.5 Å². The fourth-order valence-corrected chi connectivity index (χ4v) is 16.2. The largest absolute Gasteiger partial charge is 0.311 e. The van der Waals surface area contributed by atoms with E-state index in [1.807, 2.05) is 48.5 Å². The van der Waals surface area contributed by atoms with E-state index < -0.39 is 163 Å². The van der Waals surface area contributed by atoms with Gasteiger partial charge in [-0.1, -0.05) is 238 Å². The summed E-state index contributed by atoms with van der Waals surface area (Å²) in [5.41, 5.74) is 9.10. The van der Waals surface area contributed by atoms with Gasteiger partial charge in [0.1, 0.15) is 0 Å².